The number of hydrogen-bond donors (Lipinski definition) is 1. The Labute approximate surface area is 122 Å². The molecule has 21 heavy (non-hydrogen) atoms. The molecule has 104 valence electrons. The van der Waals surface area contributed by atoms with E-state index >= 15 is 0 Å². The molecular formula is C17H13NO3. The van der Waals surface area contributed by atoms with Gasteiger partial charge >= 0.3 is 5.97 Å². The van der Waals surface area contributed by atoms with E-state index in [1.54, 1.807) is 30.3 Å². The van der Waals surface area contributed by atoms with Crippen LogP contribution in [0.25, 0.3) is 6.08 Å². The highest BCUT2D eigenvalue weighted by Crippen LogP contribution is 2.17. The van der Waals surface area contributed by atoms with Gasteiger partial charge in [0.1, 0.15) is 24.0 Å². The summed E-state index contributed by atoms with van der Waals surface area (Å²) in [4.78, 5) is 10.8. The van der Waals surface area contributed by atoms with Gasteiger partial charge in [0.2, 0.25) is 0 Å². The summed E-state index contributed by atoms with van der Waals surface area (Å²) in [6, 6.07) is 18.3. The maximum atomic E-state index is 10.8. The normalized spacial score (nSPS) is 10.7. The van der Waals surface area contributed by atoms with Crippen LogP contribution in [0.15, 0.2) is 60.2 Å². The van der Waals surface area contributed by atoms with E-state index in [1.165, 1.54) is 6.08 Å². The van der Waals surface area contributed by atoms with Crippen molar-refractivity contribution < 1.29 is 14.6 Å². The summed E-state index contributed by atoms with van der Waals surface area (Å²) < 4.78 is 5.65. The molecule has 0 amide bonds. The Kier molecular flexibility index (Phi) is 4.73. The van der Waals surface area contributed by atoms with Gasteiger partial charge in [-0.25, -0.2) is 4.79 Å². The molecular weight excluding hydrogens is 266 g/mol. The first-order chi connectivity index (χ1) is 10.2. The first-order valence-electron chi connectivity index (χ1n) is 6.31. The van der Waals surface area contributed by atoms with Crippen LogP contribution in [-0.4, -0.2) is 11.1 Å². The number of carboxylic acids is 1. The number of nitrogens with zero attached hydrogens (tertiary/aromatic N) is 1. The highest BCUT2D eigenvalue weighted by molar-refractivity contribution is 5.96. The standard InChI is InChI=1S/C17H13NO3/c18-11-15(17(19)20)9-14-7-4-8-16(10-14)21-12-13-5-2-1-3-6-13/h1-10H,12H2,(H,19,20)/b15-9+. The molecule has 0 spiro atoms. The number of aliphatic carboxylic acids is 1. The third-order valence-corrected chi connectivity index (χ3v) is 2.77. The van der Waals surface area contributed by atoms with Gasteiger partial charge in [0.25, 0.3) is 0 Å². The van der Waals surface area contributed by atoms with Crippen LogP contribution in [-0.2, 0) is 11.4 Å². The second-order valence-corrected chi connectivity index (χ2v) is 4.32. The van der Waals surface area contributed by atoms with Gasteiger partial charge in [0.05, 0.1) is 0 Å². The molecule has 0 atom stereocenters. The molecule has 0 radical (unpaired) electrons. The van der Waals surface area contributed by atoms with E-state index in [0.29, 0.717) is 17.9 Å². The Morgan fingerprint density at radius 2 is 1.95 bits per heavy atom. The monoisotopic (exact) mass is 279 g/mol. The third kappa shape index (κ3) is 4.22. The predicted molar refractivity (Wildman–Crippen MR) is 78.4 cm³/mol. The van der Waals surface area contributed by atoms with Gasteiger partial charge in [-0.3, -0.25) is 0 Å². The van der Waals surface area contributed by atoms with E-state index in [-0.39, 0.29) is 5.57 Å². The minimum Gasteiger partial charge on any atom is -0.489 e. The highest BCUT2D eigenvalue weighted by atomic mass is 16.5. The van der Waals surface area contributed by atoms with Crippen LogP contribution in [0.2, 0.25) is 0 Å². The Morgan fingerprint density at radius 1 is 1.19 bits per heavy atom. The number of carboxylic acid groups (broad SMARTS) is 1. The van der Waals surface area contributed by atoms with Crippen molar-refractivity contribution >= 4 is 12.0 Å². The fraction of sp³-hybridized carbons (Fsp3) is 0.0588. The molecule has 0 aliphatic rings. The van der Waals surface area contributed by atoms with Crippen molar-refractivity contribution in [1.82, 2.24) is 0 Å². The summed E-state index contributed by atoms with van der Waals surface area (Å²) in [6.45, 7) is 0.429. The van der Waals surface area contributed by atoms with E-state index in [2.05, 4.69) is 0 Å². The van der Waals surface area contributed by atoms with E-state index in [0.717, 1.165) is 5.56 Å². The minimum absolute atomic E-state index is 0.310. The van der Waals surface area contributed by atoms with Gasteiger partial charge in [0.15, 0.2) is 0 Å². The SMILES string of the molecule is N#C/C(=C\c1cccc(OCc2ccccc2)c1)C(=O)O. The van der Waals surface area contributed by atoms with Crippen molar-refractivity contribution in [2.24, 2.45) is 0 Å². The van der Waals surface area contributed by atoms with Gasteiger partial charge < -0.3 is 9.84 Å². The zero-order valence-corrected chi connectivity index (χ0v) is 11.2. The molecule has 0 heterocycles. The smallest absolute Gasteiger partial charge is 0.346 e. The number of hydrogen-bond acceptors (Lipinski definition) is 3. The lowest BCUT2D eigenvalue weighted by Gasteiger charge is -2.07. The summed E-state index contributed by atoms with van der Waals surface area (Å²) in [7, 11) is 0. The molecule has 0 aromatic heterocycles. The van der Waals surface area contributed by atoms with Gasteiger partial charge in [0, 0.05) is 0 Å². The van der Waals surface area contributed by atoms with Crippen LogP contribution in [0.1, 0.15) is 11.1 Å². The highest BCUT2D eigenvalue weighted by Gasteiger charge is 2.06. The lowest BCUT2D eigenvalue weighted by atomic mass is 10.1. The third-order valence-electron chi connectivity index (χ3n) is 2.77. The van der Waals surface area contributed by atoms with Crippen LogP contribution in [0.4, 0.5) is 0 Å². The first kappa shape index (κ1) is 14.4. The Hall–Kier alpha value is -3.06. The van der Waals surface area contributed by atoms with Crippen molar-refractivity contribution in [2.75, 3.05) is 0 Å². The molecule has 4 heteroatoms. The lowest BCUT2D eigenvalue weighted by Crippen LogP contribution is -1.98. The summed E-state index contributed by atoms with van der Waals surface area (Å²) >= 11 is 0. The van der Waals surface area contributed by atoms with Crippen LogP contribution < -0.4 is 4.74 Å². The van der Waals surface area contributed by atoms with Crippen molar-refractivity contribution in [2.45, 2.75) is 6.61 Å². The Bertz CT molecular complexity index is 699. The lowest BCUT2D eigenvalue weighted by molar-refractivity contribution is -0.132. The van der Waals surface area contributed by atoms with Crippen LogP contribution in [0, 0.1) is 11.3 Å². The average molecular weight is 279 g/mol. The largest absolute Gasteiger partial charge is 0.489 e. The zero-order valence-electron chi connectivity index (χ0n) is 11.2. The molecule has 2 aromatic carbocycles. The molecule has 0 saturated heterocycles. The van der Waals surface area contributed by atoms with Crippen molar-refractivity contribution in [1.29, 1.82) is 5.26 Å². The number of nitriles is 1. The Balaban J connectivity index is 2.11. The quantitative estimate of drug-likeness (QED) is 0.673. The predicted octanol–water partition coefficient (Wildman–Crippen LogP) is 3.26. The van der Waals surface area contributed by atoms with Gasteiger partial charge in [-0.1, -0.05) is 42.5 Å². The second kappa shape index (κ2) is 6.92. The maximum Gasteiger partial charge on any atom is 0.346 e. The molecule has 1 N–H and O–H groups in total. The molecule has 0 unspecified atom stereocenters. The van der Waals surface area contributed by atoms with Crippen molar-refractivity contribution in [3.8, 4) is 11.8 Å². The number of carbonyl (C=O) groups is 1. The first-order valence-corrected chi connectivity index (χ1v) is 6.31. The van der Waals surface area contributed by atoms with Gasteiger partial charge in [-0.15, -0.1) is 0 Å². The van der Waals surface area contributed by atoms with Gasteiger partial charge in [-0.05, 0) is 29.3 Å². The van der Waals surface area contributed by atoms with Gasteiger partial charge in [-0.2, -0.15) is 5.26 Å². The second-order valence-electron chi connectivity index (χ2n) is 4.32. The van der Waals surface area contributed by atoms with Crippen molar-refractivity contribution in [3.05, 3.63) is 71.3 Å². The minimum atomic E-state index is -1.24. The summed E-state index contributed by atoms with van der Waals surface area (Å²) in [5.41, 5.74) is 1.34. The summed E-state index contributed by atoms with van der Waals surface area (Å²) in [5, 5.41) is 17.6. The van der Waals surface area contributed by atoms with Crippen LogP contribution >= 0.6 is 0 Å². The molecule has 0 fully saturated rings. The molecule has 0 aliphatic heterocycles. The summed E-state index contributed by atoms with van der Waals surface area (Å²) in [6.07, 6.45) is 1.32. The molecule has 0 aliphatic carbocycles. The average Bonchev–Trinajstić information content (AvgIpc) is 2.52. The maximum absolute atomic E-state index is 10.8. The zero-order chi connectivity index (χ0) is 15.1. The fourth-order valence-electron chi connectivity index (χ4n) is 1.74. The molecule has 0 bridgehead atoms. The van der Waals surface area contributed by atoms with Crippen LogP contribution in [0.5, 0.6) is 5.75 Å². The van der Waals surface area contributed by atoms with E-state index < -0.39 is 5.97 Å². The van der Waals surface area contributed by atoms with E-state index in [9.17, 15) is 4.79 Å². The number of benzene rings is 2. The summed E-state index contributed by atoms with van der Waals surface area (Å²) in [5.74, 6) is -0.622. The number of rotatable bonds is 5. The topological polar surface area (TPSA) is 70.3 Å². The van der Waals surface area contributed by atoms with Crippen molar-refractivity contribution in [3.63, 3.8) is 0 Å². The molecule has 0 saturated carbocycles. The number of ether oxygens (including phenoxy) is 1. The van der Waals surface area contributed by atoms with Crippen LogP contribution in [0.3, 0.4) is 0 Å². The fourth-order valence-corrected chi connectivity index (χ4v) is 1.74. The molecule has 2 aromatic rings. The molecule has 2 rings (SSSR count). The molecule has 4 nitrogen and oxygen atoms in total. The van der Waals surface area contributed by atoms with E-state index in [4.69, 9.17) is 15.1 Å². The van der Waals surface area contributed by atoms with E-state index in [1.807, 2.05) is 30.3 Å². The Morgan fingerprint density at radius 3 is 2.62 bits per heavy atom.